The Bertz CT molecular complexity index is 1020. The van der Waals surface area contributed by atoms with Crippen molar-refractivity contribution in [2.24, 2.45) is 0 Å². The fraction of sp³-hybridized carbons (Fsp3) is 0.250. The van der Waals surface area contributed by atoms with E-state index in [1.54, 1.807) is 25.3 Å². The van der Waals surface area contributed by atoms with Crippen LogP contribution in [0.1, 0.15) is 21.6 Å². The SMILES string of the molecule is COc1ccc2[nH]c3c(c2c1)CN(C(=O)c1ccc2c(c1)OCO2)CC3. The van der Waals surface area contributed by atoms with Gasteiger partial charge >= 0.3 is 0 Å². The third-order valence-corrected chi connectivity index (χ3v) is 5.09. The van der Waals surface area contributed by atoms with Crippen LogP contribution in [0.15, 0.2) is 36.4 Å². The van der Waals surface area contributed by atoms with Crippen molar-refractivity contribution in [3.8, 4) is 17.2 Å². The van der Waals surface area contributed by atoms with E-state index < -0.39 is 0 Å². The molecule has 0 unspecified atom stereocenters. The number of hydrogen-bond donors (Lipinski definition) is 1. The van der Waals surface area contributed by atoms with Gasteiger partial charge < -0.3 is 24.1 Å². The number of benzene rings is 2. The summed E-state index contributed by atoms with van der Waals surface area (Å²) in [6, 6.07) is 11.3. The van der Waals surface area contributed by atoms with E-state index in [9.17, 15) is 4.79 Å². The first kappa shape index (κ1) is 15.1. The van der Waals surface area contributed by atoms with Crippen LogP contribution in [0.3, 0.4) is 0 Å². The minimum Gasteiger partial charge on any atom is -0.497 e. The van der Waals surface area contributed by atoms with E-state index in [0.29, 0.717) is 30.2 Å². The van der Waals surface area contributed by atoms with Gasteiger partial charge in [-0.25, -0.2) is 0 Å². The summed E-state index contributed by atoms with van der Waals surface area (Å²) in [5.74, 6) is 2.14. The maximum absolute atomic E-state index is 13.0. The van der Waals surface area contributed by atoms with Gasteiger partial charge in [0.2, 0.25) is 6.79 Å². The van der Waals surface area contributed by atoms with Gasteiger partial charge in [-0.2, -0.15) is 0 Å². The van der Waals surface area contributed by atoms with Crippen molar-refractivity contribution in [2.75, 3.05) is 20.4 Å². The maximum atomic E-state index is 13.0. The number of nitrogens with one attached hydrogen (secondary N) is 1. The molecule has 1 amide bonds. The Morgan fingerprint density at radius 1 is 1.15 bits per heavy atom. The largest absolute Gasteiger partial charge is 0.497 e. The number of amides is 1. The highest BCUT2D eigenvalue weighted by Gasteiger charge is 2.26. The van der Waals surface area contributed by atoms with Gasteiger partial charge in [0, 0.05) is 47.2 Å². The first-order valence-electron chi connectivity index (χ1n) is 8.59. The van der Waals surface area contributed by atoms with Crippen LogP contribution in [0.2, 0.25) is 0 Å². The summed E-state index contributed by atoms with van der Waals surface area (Å²) in [7, 11) is 1.66. The number of nitrogens with zero attached hydrogens (tertiary/aromatic N) is 1. The Morgan fingerprint density at radius 2 is 2.04 bits per heavy atom. The standard InChI is InChI=1S/C20H18N2O4/c1-24-13-3-4-16-14(9-13)15-10-22(7-6-17(15)21-16)20(23)12-2-5-18-19(8-12)26-11-25-18/h2-5,8-9,21H,6-7,10-11H2,1H3. The molecule has 1 N–H and O–H groups in total. The molecule has 6 nitrogen and oxygen atoms in total. The number of carbonyl (C=O) groups excluding carboxylic acids is 1. The lowest BCUT2D eigenvalue weighted by atomic mass is 10.0. The van der Waals surface area contributed by atoms with Crippen LogP contribution in [0.25, 0.3) is 10.9 Å². The third-order valence-electron chi connectivity index (χ3n) is 5.09. The van der Waals surface area contributed by atoms with Crippen LogP contribution in [0.5, 0.6) is 17.2 Å². The second kappa shape index (κ2) is 5.69. The number of hydrogen-bond acceptors (Lipinski definition) is 4. The number of ether oxygens (including phenoxy) is 3. The van der Waals surface area contributed by atoms with Gasteiger partial charge in [0.05, 0.1) is 7.11 Å². The number of aromatic amines is 1. The maximum Gasteiger partial charge on any atom is 0.254 e. The quantitative estimate of drug-likeness (QED) is 0.771. The molecule has 0 saturated carbocycles. The molecule has 26 heavy (non-hydrogen) atoms. The minimum absolute atomic E-state index is 0.00574. The van der Waals surface area contributed by atoms with E-state index in [-0.39, 0.29) is 12.7 Å². The van der Waals surface area contributed by atoms with Crippen LogP contribution in [0, 0.1) is 0 Å². The van der Waals surface area contributed by atoms with Crippen LogP contribution < -0.4 is 14.2 Å². The van der Waals surface area contributed by atoms with E-state index >= 15 is 0 Å². The molecule has 0 bridgehead atoms. The number of carbonyl (C=O) groups is 1. The Labute approximate surface area is 150 Å². The van der Waals surface area contributed by atoms with Crippen molar-refractivity contribution in [3.05, 3.63) is 53.2 Å². The predicted molar refractivity (Wildman–Crippen MR) is 95.9 cm³/mol. The Hall–Kier alpha value is -3.15. The van der Waals surface area contributed by atoms with Gasteiger partial charge in [-0.15, -0.1) is 0 Å². The lowest BCUT2D eigenvalue weighted by Crippen LogP contribution is -2.35. The summed E-state index contributed by atoms with van der Waals surface area (Å²) in [6.07, 6.45) is 0.808. The third kappa shape index (κ3) is 2.29. The molecule has 5 rings (SSSR count). The summed E-state index contributed by atoms with van der Waals surface area (Å²) < 4.78 is 16.1. The van der Waals surface area contributed by atoms with E-state index in [2.05, 4.69) is 4.98 Å². The van der Waals surface area contributed by atoms with Crippen LogP contribution in [0.4, 0.5) is 0 Å². The van der Waals surface area contributed by atoms with Crippen LogP contribution in [-0.4, -0.2) is 36.2 Å². The topological polar surface area (TPSA) is 63.8 Å². The molecule has 0 fully saturated rings. The first-order valence-corrected chi connectivity index (χ1v) is 8.59. The van der Waals surface area contributed by atoms with Crippen molar-refractivity contribution in [3.63, 3.8) is 0 Å². The zero-order chi connectivity index (χ0) is 17.7. The fourth-order valence-electron chi connectivity index (χ4n) is 3.71. The van der Waals surface area contributed by atoms with E-state index in [4.69, 9.17) is 14.2 Å². The van der Waals surface area contributed by atoms with Crippen LogP contribution in [-0.2, 0) is 13.0 Å². The van der Waals surface area contributed by atoms with Crippen molar-refractivity contribution in [1.29, 1.82) is 0 Å². The highest BCUT2D eigenvalue weighted by molar-refractivity contribution is 5.96. The molecular formula is C20H18N2O4. The molecule has 0 saturated heterocycles. The minimum atomic E-state index is 0.00574. The molecule has 2 aromatic carbocycles. The van der Waals surface area contributed by atoms with Gasteiger partial charge in [0.15, 0.2) is 11.5 Å². The van der Waals surface area contributed by atoms with Crippen molar-refractivity contribution in [2.45, 2.75) is 13.0 Å². The smallest absolute Gasteiger partial charge is 0.254 e. The van der Waals surface area contributed by atoms with E-state index in [1.165, 1.54) is 11.3 Å². The number of fused-ring (bicyclic) bond motifs is 4. The zero-order valence-corrected chi connectivity index (χ0v) is 14.4. The Balaban J connectivity index is 1.47. The number of H-pyrrole nitrogens is 1. The molecule has 1 aromatic heterocycles. The average Bonchev–Trinajstić information content (AvgIpc) is 3.29. The van der Waals surface area contributed by atoms with Crippen LogP contribution >= 0.6 is 0 Å². The van der Waals surface area contributed by atoms with Gasteiger partial charge in [-0.1, -0.05) is 0 Å². The summed E-state index contributed by atoms with van der Waals surface area (Å²) in [5.41, 5.74) is 4.06. The lowest BCUT2D eigenvalue weighted by Gasteiger charge is -2.27. The number of rotatable bonds is 2. The second-order valence-corrected chi connectivity index (χ2v) is 6.54. The van der Waals surface area contributed by atoms with Gasteiger partial charge in [0.1, 0.15) is 5.75 Å². The van der Waals surface area contributed by atoms with Gasteiger partial charge in [-0.05, 0) is 36.4 Å². The molecule has 2 aliphatic rings. The summed E-state index contributed by atoms with van der Waals surface area (Å²) in [5, 5.41) is 1.11. The zero-order valence-electron chi connectivity index (χ0n) is 14.4. The fourth-order valence-corrected chi connectivity index (χ4v) is 3.71. The summed E-state index contributed by atoms with van der Waals surface area (Å²) >= 11 is 0. The Morgan fingerprint density at radius 3 is 2.92 bits per heavy atom. The average molecular weight is 350 g/mol. The molecule has 0 radical (unpaired) electrons. The second-order valence-electron chi connectivity index (χ2n) is 6.54. The number of methoxy groups -OCH3 is 1. The van der Waals surface area contributed by atoms with E-state index in [1.807, 2.05) is 23.1 Å². The molecule has 2 aliphatic heterocycles. The first-order chi connectivity index (χ1) is 12.7. The molecule has 132 valence electrons. The molecular weight excluding hydrogens is 332 g/mol. The molecule has 3 heterocycles. The molecule has 6 heteroatoms. The highest BCUT2D eigenvalue weighted by atomic mass is 16.7. The monoisotopic (exact) mass is 350 g/mol. The van der Waals surface area contributed by atoms with E-state index in [0.717, 1.165) is 23.1 Å². The Kier molecular flexibility index (Phi) is 3.31. The highest BCUT2D eigenvalue weighted by Crippen LogP contribution is 2.34. The predicted octanol–water partition coefficient (Wildman–Crippen LogP) is 3.10. The van der Waals surface area contributed by atoms with Crippen molar-refractivity contribution >= 4 is 16.8 Å². The number of aromatic nitrogens is 1. The van der Waals surface area contributed by atoms with Gasteiger partial charge in [0.25, 0.3) is 5.91 Å². The molecule has 0 atom stereocenters. The van der Waals surface area contributed by atoms with Crippen molar-refractivity contribution < 1.29 is 19.0 Å². The van der Waals surface area contributed by atoms with Crippen molar-refractivity contribution in [1.82, 2.24) is 9.88 Å². The van der Waals surface area contributed by atoms with Gasteiger partial charge in [-0.3, -0.25) is 4.79 Å². The molecule has 3 aromatic rings. The lowest BCUT2D eigenvalue weighted by molar-refractivity contribution is 0.0734. The molecule has 0 aliphatic carbocycles. The summed E-state index contributed by atoms with van der Waals surface area (Å²) in [4.78, 5) is 18.3. The summed E-state index contributed by atoms with van der Waals surface area (Å²) in [6.45, 7) is 1.47. The molecule has 0 spiro atoms. The normalized spacial score (nSPS) is 15.2.